The Hall–Kier alpha value is -1.67. The van der Waals surface area contributed by atoms with Crippen LogP contribution in [0, 0.1) is 0 Å². The van der Waals surface area contributed by atoms with Crippen LogP contribution >= 0.6 is 0 Å². The lowest BCUT2D eigenvalue weighted by molar-refractivity contribution is 0.675. The molecule has 0 aliphatic carbocycles. The average Bonchev–Trinajstić information content (AvgIpc) is 2.41. The van der Waals surface area contributed by atoms with Crippen molar-refractivity contribution in [3.05, 3.63) is 65.5 Å². The highest BCUT2D eigenvalue weighted by Gasteiger charge is 1.98. The molecule has 94 valence electrons. The van der Waals surface area contributed by atoms with E-state index in [1.165, 1.54) is 23.1 Å². The van der Waals surface area contributed by atoms with Crippen molar-refractivity contribution in [3.8, 4) is 0 Å². The molecule has 2 aromatic rings. The van der Waals surface area contributed by atoms with E-state index in [2.05, 4.69) is 47.6 Å². The summed E-state index contributed by atoms with van der Waals surface area (Å²) in [6.45, 7) is 4.22. The molecule has 1 aromatic heterocycles. The smallest absolute Gasteiger partial charge is 0.0303 e. The van der Waals surface area contributed by atoms with Crippen molar-refractivity contribution in [2.45, 2.75) is 26.3 Å². The van der Waals surface area contributed by atoms with E-state index in [9.17, 15) is 0 Å². The maximum absolute atomic E-state index is 4.15. The quantitative estimate of drug-likeness (QED) is 0.784. The molecule has 0 spiro atoms. The van der Waals surface area contributed by atoms with Crippen molar-refractivity contribution in [3.63, 3.8) is 0 Å². The summed E-state index contributed by atoms with van der Waals surface area (Å²) in [5.41, 5.74) is 3.96. The lowest BCUT2D eigenvalue weighted by Gasteiger charge is -2.06. The van der Waals surface area contributed by atoms with E-state index in [1.54, 1.807) is 0 Å². The van der Waals surface area contributed by atoms with Crippen LogP contribution in [0.15, 0.2) is 48.8 Å². The van der Waals surface area contributed by atoms with Gasteiger partial charge in [0.1, 0.15) is 0 Å². The van der Waals surface area contributed by atoms with Crippen LogP contribution in [-0.2, 0) is 13.0 Å². The second kappa shape index (κ2) is 6.92. The molecular formula is C16H20N2. The van der Waals surface area contributed by atoms with E-state index >= 15 is 0 Å². The van der Waals surface area contributed by atoms with Gasteiger partial charge >= 0.3 is 0 Å². The van der Waals surface area contributed by atoms with Gasteiger partial charge in [-0.1, -0.05) is 37.3 Å². The maximum Gasteiger partial charge on any atom is 0.0303 e. The largest absolute Gasteiger partial charge is 0.313 e. The van der Waals surface area contributed by atoms with Crippen LogP contribution in [0.1, 0.15) is 30.0 Å². The summed E-state index contributed by atoms with van der Waals surface area (Å²) < 4.78 is 0. The van der Waals surface area contributed by atoms with Gasteiger partial charge in [0.2, 0.25) is 0 Å². The number of hydrogen-bond donors (Lipinski definition) is 1. The van der Waals surface area contributed by atoms with Crippen LogP contribution < -0.4 is 5.32 Å². The second-order valence-electron chi connectivity index (χ2n) is 4.53. The molecule has 0 aliphatic rings. The van der Waals surface area contributed by atoms with Crippen LogP contribution in [0.2, 0.25) is 0 Å². The summed E-state index contributed by atoms with van der Waals surface area (Å²) >= 11 is 0. The molecule has 0 fully saturated rings. The fourth-order valence-corrected chi connectivity index (χ4v) is 2.00. The van der Waals surface area contributed by atoms with Crippen LogP contribution in [0.25, 0.3) is 0 Å². The Morgan fingerprint density at radius 1 is 1.06 bits per heavy atom. The Morgan fingerprint density at radius 3 is 2.67 bits per heavy atom. The molecule has 0 amide bonds. The zero-order valence-corrected chi connectivity index (χ0v) is 10.9. The van der Waals surface area contributed by atoms with E-state index in [0.29, 0.717) is 0 Å². The summed E-state index contributed by atoms with van der Waals surface area (Å²) in [7, 11) is 0. The molecule has 0 bridgehead atoms. The van der Waals surface area contributed by atoms with Gasteiger partial charge in [-0.25, -0.2) is 0 Å². The monoisotopic (exact) mass is 240 g/mol. The molecule has 18 heavy (non-hydrogen) atoms. The molecule has 0 unspecified atom stereocenters. The number of pyridine rings is 1. The van der Waals surface area contributed by atoms with Crippen LogP contribution in [0.4, 0.5) is 0 Å². The fourth-order valence-electron chi connectivity index (χ4n) is 2.00. The number of rotatable bonds is 6. The first-order valence-corrected chi connectivity index (χ1v) is 6.56. The third kappa shape index (κ3) is 3.97. The Bertz CT molecular complexity index is 466. The van der Waals surface area contributed by atoms with Crippen molar-refractivity contribution in [1.82, 2.24) is 10.3 Å². The van der Waals surface area contributed by atoms with Gasteiger partial charge in [-0.15, -0.1) is 0 Å². The number of nitrogens with one attached hydrogen (secondary N) is 1. The van der Waals surface area contributed by atoms with E-state index in [4.69, 9.17) is 0 Å². The lowest BCUT2D eigenvalue weighted by atomic mass is 10.0. The zero-order valence-electron chi connectivity index (χ0n) is 10.9. The maximum atomic E-state index is 4.15. The van der Waals surface area contributed by atoms with Crippen molar-refractivity contribution in [2.24, 2.45) is 0 Å². The Balaban J connectivity index is 1.99. The molecule has 0 radical (unpaired) electrons. The standard InChI is InChI=1S/C16H20N2/c1-2-8-17-12-15-6-3-5-14(10-15)11-16-7-4-9-18-13-16/h3-7,9-10,13,17H,2,8,11-12H2,1H3. The van der Waals surface area contributed by atoms with Gasteiger partial charge in [-0.05, 0) is 42.1 Å². The minimum atomic E-state index is 0.953. The molecule has 2 nitrogen and oxygen atoms in total. The third-order valence-corrected chi connectivity index (χ3v) is 2.88. The second-order valence-corrected chi connectivity index (χ2v) is 4.53. The van der Waals surface area contributed by atoms with Gasteiger partial charge in [-0.3, -0.25) is 4.98 Å². The average molecular weight is 240 g/mol. The zero-order chi connectivity index (χ0) is 12.6. The Morgan fingerprint density at radius 2 is 1.89 bits per heavy atom. The summed E-state index contributed by atoms with van der Waals surface area (Å²) in [4.78, 5) is 4.15. The van der Waals surface area contributed by atoms with Gasteiger partial charge in [0, 0.05) is 18.9 Å². The molecule has 1 N–H and O–H groups in total. The minimum absolute atomic E-state index is 0.953. The van der Waals surface area contributed by atoms with Gasteiger partial charge in [-0.2, -0.15) is 0 Å². The minimum Gasteiger partial charge on any atom is -0.313 e. The van der Waals surface area contributed by atoms with Crippen LogP contribution in [0.3, 0.4) is 0 Å². The first-order chi connectivity index (χ1) is 8.88. The summed E-state index contributed by atoms with van der Waals surface area (Å²) in [6.07, 6.45) is 5.88. The normalized spacial score (nSPS) is 10.5. The third-order valence-electron chi connectivity index (χ3n) is 2.88. The van der Waals surface area contributed by atoms with Gasteiger partial charge < -0.3 is 5.32 Å². The molecule has 0 saturated heterocycles. The molecule has 1 heterocycles. The topological polar surface area (TPSA) is 24.9 Å². The molecule has 2 heteroatoms. The predicted octanol–water partition coefficient (Wildman–Crippen LogP) is 3.17. The Labute approximate surface area is 109 Å². The summed E-state index contributed by atoms with van der Waals surface area (Å²) in [5.74, 6) is 0. The van der Waals surface area contributed by atoms with Crippen LogP contribution in [-0.4, -0.2) is 11.5 Å². The molecule has 0 aliphatic heterocycles. The predicted molar refractivity (Wildman–Crippen MR) is 75.5 cm³/mol. The van der Waals surface area contributed by atoms with Crippen molar-refractivity contribution < 1.29 is 0 Å². The van der Waals surface area contributed by atoms with E-state index in [0.717, 1.165) is 19.5 Å². The Kier molecular flexibility index (Phi) is 4.91. The number of hydrogen-bond acceptors (Lipinski definition) is 2. The van der Waals surface area contributed by atoms with Crippen molar-refractivity contribution >= 4 is 0 Å². The van der Waals surface area contributed by atoms with Crippen LogP contribution in [0.5, 0.6) is 0 Å². The van der Waals surface area contributed by atoms with E-state index in [-0.39, 0.29) is 0 Å². The van der Waals surface area contributed by atoms with Crippen molar-refractivity contribution in [1.29, 1.82) is 0 Å². The molecule has 0 atom stereocenters. The first kappa shape index (κ1) is 12.8. The fraction of sp³-hybridized carbons (Fsp3) is 0.312. The molecule has 2 rings (SSSR count). The lowest BCUT2D eigenvalue weighted by Crippen LogP contribution is -2.13. The first-order valence-electron chi connectivity index (χ1n) is 6.56. The highest BCUT2D eigenvalue weighted by molar-refractivity contribution is 5.28. The highest BCUT2D eigenvalue weighted by Crippen LogP contribution is 2.10. The number of aromatic nitrogens is 1. The summed E-state index contributed by atoms with van der Waals surface area (Å²) in [6, 6.07) is 12.9. The molecule has 1 aromatic carbocycles. The highest BCUT2D eigenvalue weighted by atomic mass is 14.8. The van der Waals surface area contributed by atoms with Gasteiger partial charge in [0.05, 0.1) is 0 Å². The number of nitrogens with zero attached hydrogens (tertiary/aromatic N) is 1. The van der Waals surface area contributed by atoms with E-state index < -0.39 is 0 Å². The van der Waals surface area contributed by atoms with Crippen molar-refractivity contribution in [2.75, 3.05) is 6.54 Å². The van der Waals surface area contributed by atoms with Gasteiger partial charge in [0.15, 0.2) is 0 Å². The molecular weight excluding hydrogens is 220 g/mol. The summed E-state index contributed by atoms with van der Waals surface area (Å²) in [5, 5.41) is 3.43. The number of benzene rings is 1. The van der Waals surface area contributed by atoms with E-state index in [1.807, 2.05) is 18.5 Å². The molecule has 0 saturated carbocycles. The van der Waals surface area contributed by atoms with Gasteiger partial charge in [0.25, 0.3) is 0 Å². The SMILES string of the molecule is CCCNCc1cccc(Cc2cccnc2)c1.